The standard InChI is InChI=1S/C20H23FN2O5/c1-10-16(19(25)27-5)12(3)22-17(10)20(26)28-13(4)18(24)23-11(2)14-6-8-15(21)9-7-14/h6-9,11,13,22H,1-5H3,(H,23,24). The lowest BCUT2D eigenvalue weighted by molar-refractivity contribution is -0.129. The van der Waals surface area contributed by atoms with E-state index in [1.165, 1.54) is 26.2 Å². The summed E-state index contributed by atoms with van der Waals surface area (Å²) in [6, 6.07) is 5.34. The number of aryl methyl sites for hydroxylation is 1. The molecular formula is C20H23FN2O5. The van der Waals surface area contributed by atoms with Crippen molar-refractivity contribution in [1.29, 1.82) is 0 Å². The first-order chi connectivity index (χ1) is 13.1. The van der Waals surface area contributed by atoms with E-state index >= 15 is 0 Å². The van der Waals surface area contributed by atoms with Crippen LogP contribution in [0.25, 0.3) is 0 Å². The van der Waals surface area contributed by atoms with Crippen molar-refractivity contribution in [1.82, 2.24) is 10.3 Å². The summed E-state index contributed by atoms with van der Waals surface area (Å²) in [5, 5.41) is 2.71. The maximum absolute atomic E-state index is 13.0. The molecule has 0 bridgehead atoms. The van der Waals surface area contributed by atoms with Crippen LogP contribution in [0, 0.1) is 19.7 Å². The van der Waals surface area contributed by atoms with Gasteiger partial charge < -0.3 is 19.8 Å². The number of halogens is 1. The van der Waals surface area contributed by atoms with Crippen LogP contribution in [0.1, 0.15) is 57.6 Å². The molecule has 2 aromatic rings. The van der Waals surface area contributed by atoms with Gasteiger partial charge in [0.2, 0.25) is 0 Å². The van der Waals surface area contributed by atoms with E-state index in [0.717, 1.165) is 0 Å². The van der Waals surface area contributed by atoms with E-state index in [2.05, 4.69) is 10.3 Å². The van der Waals surface area contributed by atoms with Gasteiger partial charge >= 0.3 is 11.9 Å². The summed E-state index contributed by atoms with van der Waals surface area (Å²) in [5.41, 5.74) is 1.92. The van der Waals surface area contributed by atoms with Crippen molar-refractivity contribution in [3.63, 3.8) is 0 Å². The summed E-state index contributed by atoms with van der Waals surface area (Å²) < 4.78 is 22.9. The van der Waals surface area contributed by atoms with Crippen LogP contribution in [0.15, 0.2) is 24.3 Å². The van der Waals surface area contributed by atoms with Crippen molar-refractivity contribution >= 4 is 17.8 Å². The molecule has 2 atom stereocenters. The van der Waals surface area contributed by atoms with E-state index in [9.17, 15) is 18.8 Å². The molecule has 2 N–H and O–H groups in total. The van der Waals surface area contributed by atoms with Crippen LogP contribution in [0.3, 0.4) is 0 Å². The number of esters is 2. The maximum atomic E-state index is 13.0. The van der Waals surface area contributed by atoms with E-state index in [4.69, 9.17) is 9.47 Å². The number of carbonyl (C=O) groups excluding carboxylic acids is 3. The Kier molecular flexibility index (Phi) is 6.56. The van der Waals surface area contributed by atoms with Gasteiger partial charge in [0.25, 0.3) is 5.91 Å². The smallest absolute Gasteiger partial charge is 0.355 e. The second-order valence-electron chi connectivity index (χ2n) is 6.45. The van der Waals surface area contributed by atoms with E-state index < -0.39 is 30.0 Å². The molecule has 1 amide bonds. The molecular weight excluding hydrogens is 367 g/mol. The molecule has 0 spiro atoms. The number of hydrogen-bond donors (Lipinski definition) is 2. The minimum absolute atomic E-state index is 0.0872. The van der Waals surface area contributed by atoms with Gasteiger partial charge in [0, 0.05) is 5.69 Å². The molecule has 150 valence electrons. The summed E-state index contributed by atoms with van der Waals surface area (Å²) >= 11 is 0. The predicted octanol–water partition coefficient (Wildman–Crippen LogP) is 2.98. The fraction of sp³-hybridized carbons (Fsp3) is 0.350. The Bertz CT molecular complexity index is 889. The van der Waals surface area contributed by atoms with Gasteiger partial charge in [-0.25, -0.2) is 14.0 Å². The van der Waals surface area contributed by atoms with Crippen LogP contribution in [-0.2, 0) is 14.3 Å². The van der Waals surface area contributed by atoms with Gasteiger partial charge in [-0.3, -0.25) is 4.79 Å². The van der Waals surface area contributed by atoms with Gasteiger partial charge in [-0.15, -0.1) is 0 Å². The normalized spacial score (nSPS) is 12.8. The topological polar surface area (TPSA) is 97.5 Å². The molecule has 0 saturated carbocycles. The Labute approximate surface area is 162 Å². The molecule has 1 aromatic carbocycles. The lowest BCUT2D eigenvalue weighted by Gasteiger charge is -2.18. The third kappa shape index (κ3) is 4.57. The van der Waals surface area contributed by atoms with Crippen LogP contribution in [0.5, 0.6) is 0 Å². The van der Waals surface area contributed by atoms with Gasteiger partial charge in [-0.2, -0.15) is 0 Å². The largest absolute Gasteiger partial charge is 0.465 e. The fourth-order valence-electron chi connectivity index (χ4n) is 2.80. The summed E-state index contributed by atoms with van der Waals surface area (Å²) in [5.74, 6) is -2.19. The Morgan fingerprint density at radius 1 is 1.07 bits per heavy atom. The minimum Gasteiger partial charge on any atom is -0.465 e. The second-order valence-corrected chi connectivity index (χ2v) is 6.45. The van der Waals surface area contributed by atoms with Crippen molar-refractivity contribution in [2.75, 3.05) is 7.11 Å². The molecule has 2 rings (SSSR count). The number of hydrogen-bond acceptors (Lipinski definition) is 5. The lowest BCUT2D eigenvalue weighted by atomic mass is 10.1. The zero-order valence-electron chi connectivity index (χ0n) is 16.4. The molecule has 0 fully saturated rings. The van der Waals surface area contributed by atoms with Gasteiger partial charge in [0.1, 0.15) is 11.5 Å². The molecule has 0 aliphatic heterocycles. The molecule has 0 radical (unpaired) electrons. The number of rotatable bonds is 6. The quantitative estimate of drug-likeness (QED) is 0.739. The second kappa shape index (κ2) is 8.69. The number of benzene rings is 1. The van der Waals surface area contributed by atoms with Crippen molar-refractivity contribution in [2.45, 2.75) is 39.8 Å². The van der Waals surface area contributed by atoms with Gasteiger partial charge in [-0.05, 0) is 51.0 Å². The van der Waals surface area contributed by atoms with Crippen LogP contribution in [0.4, 0.5) is 4.39 Å². The van der Waals surface area contributed by atoms with Crippen molar-refractivity contribution < 1.29 is 28.2 Å². The minimum atomic E-state index is -1.07. The Balaban J connectivity index is 2.04. The number of nitrogens with one attached hydrogen (secondary N) is 2. The third-order valence-corrected chi connectivity index (χ3v) is 4.41. The van der Waals surface area contributed by atoms with Gasteiger partial charge in [0.05, 0.1) is 18.7 Å². The third-order valence-electron chi connectivity index (χ3n) is 4.41. The van der Waals surface area contributed by atoms with Crippen LogP contribution < -0.4 is 5.32 Å². The van der Waals surface area contributed by atoms with Crippen molar-refractivity contribution in [3.8, 4) is 0 Å². The molecule has 0 aliphatic rings. The van der Waals surface area contributed by atoms with E-state index in [1.807, 2.05) is 0 Å². The van der Waals surface area contributed by atoms with Gasteiger partial charge in [-0.1, -0.05) is 12.1 Å². The van der Waals surface area contributed by atoms with E-state index in [1.54, 1.807) is 32.9 Å². The maximum Gasteiger partial charge on any atom is 0.355 e. The molecule has 1 aromatic heterocycles. The van der Waals surface area contributed by atoms with Crippen LogP contribution in [-0.4, -0.2) is 36.0 Å². The first-order valence-corrected chi connectivity index (χ1v) is 8.70. The Morgan fingerprint density at radius 3 is 2.25 bits per heavy atom. The highest BCUT2D eigenvalue weighted by Gasteiger charge is 2.26. The molecule has 0 saturated heterocycles. The highest BCUT2D eigenvalue weighted by atomic mass is 19.1. The summed E-state index contributed by atoms with van der Waals surface area (Å²) in [7, 11) is 1.25. The number of ether oxygens (including phenoxy) is 2. The van der Waals surface area contributed by atoms with Crippen molar-refractivity contribution in [3.05, 3.63) is 58.2 Å². The monoisotopic (exact) mass is 390 g/mol. The average Bonchev–Trinajstić information content (AvgIpc) is 2.95. The number of carbonyl (C=O) groups is 3. The predicted molar refractivity (Wildman–Crippen MR) is 99.4 cm³/mol. The number of methoxy groups -OCH3 is 1. The zero-order chi connectivity index (χ0) is 21.0. The lowest BCUT2D eigenvalue weighted by Crippen LogP contribution is -2.37. The Hall–Kier alpha value is -3.16. The zero-order valence-corrected chi connectivity index (χ0v) is 16.4. The molecule has 2 unspecified atom stereocenters. The van der Waals surface area contributed by atoms with Crippen LogP contribution in [0.2, 0.25) is 0 Å². The number of amides is 1. The average molecular weight is 390 g/mol. The SMILES string of the molecule is COC(=O)c1c(C)[nH]c(C(=O)OC(C)C(=O)NC(C)c2ccc(F)cc2)c1C. The highest BCUT2D eigenvalue weighted by molar-refractivity contribution is 5.99. The molecule has 7 nitrogen and oxygen atoms in total. The first kappa shape index (κ1) is 21.1. The number of aromatic amines is 1. The molecule has 8 heteroatoms. The van der Waals surface area contributed by atoms with Gasteiger partial charge in [0.15, 0.2) is 6.10 Å². The summed E-state index contributed by atoms with van der Waals surface area (Å²) in [4.78, 5) is 39.4. The Morgan fingerprint density at radius 2 is 1.68 bits per heavy atom. The number of H-pyrrole nitrogens is 1. The first-order valence-electron chi connectivity index (χ1n) is 8.70. The van der Waals surface area contributed by atoms with Crippen LogP contribution >= 0.6 is 0 Å². The van der Waals surface area contributed by atoms with E-state index in [0.29, 0.717) is 16.8 Å². The highest BCUT2D eigenvalue weighted by Crippen LogP contribution is 2.20. The molecule has 1 heterocycles. The number of aromatic nitrogens is 1. The molecule has 0 aliphatic carbocycles. The fourth-order valence-corrected chi connectivity index (χ4v) is 2.80. The van der Waals surface area contributed by atoms with Crippen molar-refractivity contribution in [2.24, 2.45) is 0 Å². The summed E-state index contributed by atoms with van der Waals surface area (Å²) in [6.07, 6.45) is -1.07. The summed E-state index contributed by atoms with van der Waals surface area (Å²) in [6.45, 7) is 6.40. The van der Waals surface area contributed by atoms with E-state index in [-0.39, 0.29) is 17.1 Å². The molecule has 28 heavy (non-hydrogen) atoms.